The van der Waals surface area contributed by atoms with Crippen LogP contribution >= 0.6 is 11.3 Å². The van der Waals surface area contributed by atoms with E-state index in [4.69, 9.17) is 5.73 Å². The number of aliphatic hydroxyl groups is 2. The molecule has 0 amide bonds. The summed E-state index contributed by atoms with van der Waals surface area (Å²) in [5.41, 5.74) is 7.05. The Morgan fingerprint density at radius 3 is 2.94 bits per heavy atom. The zero-order chi connectivity index (χ0) is 13.1. The highest BCUT2D eigenvalue weighted by Gasteiger charge is 2.18. The van der Waals surface area contributed by atoms with Crippen molar-refractivity contribution in [2.45, 2.75) is 18.6 Å². The van der Waals surface area contributed by atoms with Crippen molar-refractivity contribution < 1.29 is 10.2 Å². The topological polar surface area (TPSA) is 91.4 Å². The van der Waals surface area contributed by atoms with E-state index in [0.29, 0.717) is 23.7 Å². The van der Waals surface area contributed by atoms with Crippen molar-refractivity contribution in [2.75, 3.05) is 19.3 Å². The van der Waals surface area contributed by atoms with Crippen molar-refractivity contribution in [3.05, 3.63) is 23.8 Å². The van der Waals surface area contributed by atoms with Crippen LogP contribution in [-0.2, 0) is 0 Å². The molecule has 5 N–H and O–H groups in total. The molecule has 0 spiro atoms. The van der Waals surface area contributed by atoms with Gasteiger partial charge < -0.3 is 21.3 Å². The summed E-state index contributed by atoms with van der Waals surface area (Å²) in [6.45, 7) is 0.657. The smallest absolute Gasteiger partial charge is 0.181 e. The van der Waals surface area contributed by atoms with Gasteiger partial charge in [-0.2, -0.15) is 0 Å². The van der Waals surface area contributed by atoms with Gasteiger partial charge in [0.1, 0.15) is 6.10 Å². The average Bonchev–Trinajstić information content (AvgIpc) is 2.73. The number of aromatic nitrogens is 1. The number of nitrogens with one attached hydrogen (secondary N) is 1. The van der Waals surface area contributed by atoms with E-state index < -0.39 is 12.2 Å². The number of fused-ring (bicyclic) bond motifs is 1. The summed E-state index contributed by atoms with van der Waals surface area (Å²) in [4.78, 5) is 4.17. The Morgan fingerprint density at radius 1 is 1.44 bits per heavy atom. The Labute approximate surface area is 109 Å². The Morgan fingerprint density at radius 2 is 2.22 bits per heavy atom. The molecular formula is C12H17N3O2S. The predicted molar refractivity (Wildman–Crippen MR) is 73.5 cm³/mol. The average molecular weight is 267 g/mol. The maximum atomic E-state index is 10.0. The molecular weight excluding hydrogens is 250 g/mol. The number of hydrogen-bond acceptors (Lipinski definition) is 6. The zero-order valence-corrected chi connectivity index (χ0v) is 10.9. The van der Waals surface area contributed by atoms with Crippen LogP contribution in [-0.4, -0.2) is 34.9 Å². The number of rotatable bonds is 5. The van der Waals surface area contributed by atoms with Crippen LogP contribution in [0.4, 0.5) is 5.13 Å². The number of nitrogen functional groups attached to an aromatic ring is 1. The van der Waals surface area contributed by atoms with E-state index in [2.05, 4.69) is 10.3 Å². The van der Waals surface area contributed by atoms with Gasteiger partial charge in [-0.1, -0.05) is 17.4 Å². The van der Waals surface area contributed by atoms with Crippen molar-refractivity contribution in [3.8, 4) is 0 Å². The fourth-order valence-electron chi connectivity index (χ4n) is 1.82. The van der Waals surface area contributed by atoms with Crippen LogP contribution in [0.1, 0.15) is 18.1 Å². The van der Waals surface area contributed by atoms with Crippen molar-refractivity contribution in [1.29, 1.82) is 0 Å². The van der Waals surface area contributed by atoms with Crippen LogP contribution < -0.4 is 11.1 Å². The molecule has 1 aromatic carbocycles. The molecule has 18 heavy (non-hydrogen) atoms. The second kappa shape index (κ2) is 5.62. The minimum Gasteiger partial charge on any atom is -0.390 e. The van der Waals surface area contributed by atoms with Gasteiger partial charge in [0.2, 0.25) is 0 Å². The first kappa shape index (κ1) is 13.2. The van der Waals surface area contributed by atoms with E-state index in [-0.39, 0.29) is 0 Å². The highest BCUT2D eigenvalue weighted by molar-refractivity contribution is 7.22. The first-order valence-electron chi connectivity index (χ1n) is 5.78. The number of thiazole rings is 1. The molecule has 0 aliphatic rings. The van der Waals surface area contributed by atoms with Crippen LogP contribution in [0.5, 0.6) is 0 Å². The number of aliphatic hydroxyl groups excluding tert-OH is 2. The second-order valence-electron chi connectivity index (χ2n) is 4.18. The summed E-state index contributed by atoms with van der Waals surface area (Å²) in [7, 11) is 1.81. The van der Waals surface area contributed by atoms with Crippen LogP contribution in [0.3, 0.4) is 0 Å². The first-order chi connectivity index (χ1) is 8.61. The van der Waals surface area contributed by atoms with Gasteiger partial charge in [-0.3, -0.25) is 0 Å². The number of nitrogens with zero attached hydrogens (tertiary/aromatic N) is 1. The molecule has 6 heteroatoms. The lowest BCUT2D eigenvalue weighted by molar-refractivity contribution is 0.0141. The van der Waals surface area contributed by atoms with E-state index in [9.17, 15) is 10.2 Å². The molecule has 0 aliphatic heterocycles. The molecule has 2 unspecified atom stereocenters. The summed E-state index contributed by atoms with van der Waals surface area (Å²) in [6.07, 6.45) is -1.19. The fourth-order valence-corrected chi connectivity index (χ4v) is 2.53. The van der Waals surface area contributed by atoms with Crippen molar-refractivity contribution >= 4 is 26.7 Å². The molecule has 2 aromatic rings. The minimum absolute atomic E-state index is 0.495. The van der Waals surface area contributed by atoms with Gasteiger partial charge in [0.25, 0.3) is 0 Å². The summed E-state index contributed by atoms with van der Waals surface area (Å²) in [6, 6.07) is 5.44. The maximum Gasteiger partial charge on any atom is 0.181 e. The third-order valence-electron chi connectivity index (χ3n) is 2.82. The summed E-state index contributed by atoms with van der Waals surface area (Å²) < 4.78 is 0.980. The van der Waals surface area contributed by atoms with E-state index in [1.54, 1.807) is 12.1 Å². The minimum atomic E-state index is -0.898. The van der Waals surface area contributed by atoms with Gasteiger partial charge in [-0.05, 0) is 37.7 Å². The molecule has 0 aliphatic carbocycles. The lowest BCUT2D eigenvalue weighted by atomic mass is 10.0. The molecule has 0 radical (unpaired) electrons. The highest BCUT2D eigenvalue weighted by atomic mass is 32.1. The molecule has 0 saturated heterocycles. The Balaban J connectivity index is 2.19. The fraction of sp³-hybridized carbons (Fsp3) is 0.417. The molecule has 98 valence electrons. The Hall–Kier alpha value is -1.21. The Kier molecular flexibility index (Phi) is 4.13. The monoisotopic (exact) mass is 267 g/mol. The molecule has 1 aromatic heterocycles. The number of anilines is 1. The van der Waals surface area contributed by atoms with Crippen LogP contribution in [0.2, 0.25) is 0 Å². The quantitative estimate of drug-likeness (QED) is 0.645. The molecule has 0 fully saturated rings. The molecule has 5 nitrogen and oxygen atoms in total. The second-order valence-corrected chi connectivity index (χ2v) is 5.25. The highest BCUT2D eigenvalue weighted by Crippen LogP contribution is 2.27. The standard InChI is InChI=1S/C12H17N3O2S/c1-14-5-4-9(16)11(17)7-2-3-10-8(6-7)15-12(13)18-10/h2-3,6,9,11,14,16-17H,4-5H2,1H3,(H2,13,15). The van der Waals surface area contributed by atoms with Gasteiger partial charge in [0, 0.05) is 0 Å². The number of hydrogen-bond donors (Lipinski definition) is 4. The lowest BCUT2D eigenvalue weighted by Crippen LogP contribution is -2.23. The maximum absolute atomic E-state index is 10.0. The first-order valence-corrected chi connectivity index (χ1v) is 6.60. The van der Waals surface area contributed by atoms with E-state index in [1.807, 2.05) is 13.1 Å². The number of benzene rings is 1. The van der Waals surface area contributed by atoms with Crippen molar-refractivity contribution in [3.63, 3.8) is 0 Å². The summed E-state index contributed by atoms with van der Waals surface area (Å²) in [5.74, 6) is 0. The van der Waals surface area contributed by atoms with Crippen LogP contribution in [0.25, 0.3) is 10.2 Å². The normalized spacial score (nSPS) is 14.8. The van der Waals surface area contributed by atoms with Gasteiger partial charge in [0.05, 0.1) is 16.3 Å². The predicted octanol–water partition coefficient (Wildman–Crippen LogP) is 0.882. The largest absolute Gasteiger partial charge is 0.390 e. The lowest BCUT2D eigenvalue weighted by Gasteiger charge is -2.17. The molecule has 2 rings (SSSR count). The zero-order valence-electron chi connectivity index (χ0n) is 10.1. The molecule has 0 saturated carbocycles. The van der Waals surface area contributed by atoms with Crippen LogP contribution in [0.15, 0.2) is 18.2 Å². The number of nitrogens with two attached hydrogens (primary N) is 1. The van der Waals surface area contributed by atoms with Crippen LogP contribution in [0, 0.1) is 0 Å². The van der Waals surface area contributed by atoms with E-state index in [1.165, 1.54) is 11.3 Å². The van der Waals surface area contributed by atoms with Gasteiger partial charge >= 0.3 is 0 Å². The SMILES string of the molecule is CNCCC(O)C(O)c1ccc2sc(N)nc2c1. The summed E-state index contributed by atoms with van der Waals surface area (Å²) in [5, 5.41) is 23.3. The summed E-state index contributed by atoms with van der Waals surface area (Å²) >= 11 is 1.41. The van der Waals surface area contributed by atoms with Crippen molar-refractivity contribution in [1.82, 2.24) is 10.3 Å². The van der Waals surface area contributed by atoms with E-state index >= 15 is 0 Å². The van der Waals surface area contributed by atoms with Crippen molar-refractivity contribution in [2.24, 2.45) is 0 Å². The third kappa shape index (κ3) is 2.78. The van der Waals surface area contributed by atoms with Gasteiger partial charge in [-0.25, -0.2) is 4.98 Å². The third-order valence-corrected chi connectivity index (χ3v) is 3.69. The van der Waals surface area contributed by atoms with E-state index in [0.717, 1.165) is 10.2 Å². The molecule has 0 bridgehead atoms. The Bertz CT molecular complexity index is 529. The van der Waals surface area contributed by atoms with Gasteiger partial charge in [-0.15, -0.1) is 0 Å². The van der Waals surface area contributed by atoms with Gasteiger partial charge in [0.15, 0.2) is 5.13 Å². The molecule has 2 atom stereocenters. The molecule has 1 heterocycles.